The predicted molar refractivity (Wildman–Crippen MR) is 142 cm³/mol. The molecule has 0 atom stereocenters. The molecule has 5 aromatic carbocycles. The molecule has 0 spiro atoms. The van der Waals surface area contributed by atoms with E-state index in [1.165, 1.54) is 27.1 Å². The highest BCUT2D eigenvalue weighted by atomic mass is 28.4. The maximum absolute atomic E-state index is 6.30. The van der Waals surface area contributed by atoms with Crippen LogP contribution in [0.15, 0.2) is 110 Å². The van der Waals surface area contributed by atoms with E-state index in [9.17, 15) is 0 Å². The van der Waals surface area contributed by atoms with Gasteiger partial charge in [-0.15, -0.1) is 0 Å². The number of rotatable bonds is 6. The predicted octanol–water partition coefficient (Wildman–Crippen LogP) is 6.15. The van der Waals surface area contributed by atoms with Crippen LogP contribution in [-0.4, -0.2) is 22.8 Å². The van der Waals surface area contributed by atoms with Crippen LogP contribution < -0.4 is 10.4 Å². The summed E-state index contributed by atoms with van der Waals surface area (Å²) in [5.74, 6) is 0. The zero-order valence-electron chi connectivity index (χ0n) is 18.9. The molecule has 0 aliphatic heterocycles. The third-order valence-corrected chi connectivity index (χ3v) is 9.81. The van der Waals surface area contributed by atoms with Gasteiger partial charge in [-0.1, -0.05) is 110 Å². The Morgan fingerprint density at radius 3 is 1.79 bits per heavy atom. The summed E-state index contributed by atoms with van der Waals surface area (Å²) in [7, 11) is 0.602. The zero-order chi connectivity index (χ0) is 22.8. The normalized spacial score (nSPS) is 11.7. The molecule has 0 radical (unpaired) electrons. The molecule has 0 aliphatic carbocycles. The Morgan fingerprint density at radius 1 is 0.636 bits per heavy atom. The van der Waals surface area contributed by atoms with Crippen LogP contribution in [0.5, 0.6) is 0 Å². The van der Waals surface area contributed by atoms with Gasteiger partial charge in [0.1, 0.15) is 0 Å². The van der Waals surface area contributed by atoms with Crippen molar-refractivity contribution in [3.8, 4) is 11.1 Å². The minimum absolute atomic E-state index is 1.08. The molecule has 0 saturated heterocycles. The van der Waals surface area contributed by atoms with Gasteiger partial charge in [-0.3, -0.25) is 0 Å². The van der Waals surface area contributed by atoms with Crippen molar-refractivity contribution in [3.05, 3.63) is 115 Å². The molecule has 0 heterocycles. The highest BCUT2D eigenvalue weighted by Gasteiger charge is 2.42. The van der Waals surface area contributed by atoms with E-state index in [0.717, 1.165) is 21.5 Å². The lowest BCUT2D eigenvalue weighted by Gasteiger charge is -2.30. The number of fused-ring (bicyclic) bond motifs is 3. The lowest BCUT2D eigenvalue weighted by Crippen LogP contribution is -2.62. The average Bonchev–Trinajstić information content (AvgIpc) is 2.90. The summed E-state index contributed by atoms with van der Waals surface area (Å²) in [6.45, 7) is 3.84. The van der Waals surface area contributed by atoms with Crippen LogP contribution >= 0.6 is 0 Å². The SMILES string of the molecule is C=Cc1ccc(-c2ccc([Si](OC)(OC)c3cc4ccccc4c4ccccc34)cc2)cc1. The fourth-order valence-electron chi connectivity index (χ4n) is 4.71. The van der Waals surface area contributed by atoms with Gasteiger partial charge >= 0.3 is 8.56 Å². The molecule has 5 aromatic rings. The third kappa shape index (κ3) is 3.61. The second kappa shape index (κ2) is 8.79. The monoisotopic (exact) mass is 446 g/mol. The maximum atomic E-state index is 6.30. The molecule has 0 saturated carbocycles. The Kier molecular flexibility index (Phi) is 5.69. The van der Waals surface area contributed by atoms with Gasteiger partial charge in [0.05, 0.1) is 0 Å². The van der Waals surface area contributed by atoms with Crippen LogP contribution in [0.4, 0.5) is 0 Å². The molecule has 162 valence electrons. The fourth-order valence-corrected chi connectivity index (χ4v) is 7.63. The van der Waals surface area contributed by atoms with Crippen LogP contribution in [-0.2, 0) is 8.85 Å². The van der Waals surface area contributed by atoms with Gasteiger partial charge in [-0.05, 0) is 49.5 Å². The molecule has 0 N–H and O–H groups in total. The Hall–Kier alpha value is -3.50. The van der Waals surface area contributed by atoms with Crippen molar-refractivity contribution in [3.63, 3.8) is 0 Å². The van der Waals surface area contributed by atoms with E-state index in [0.29, 0.717) is 0 Å². The smallest absolute Gasteiger partial charge is 0.391 e. The average molecular weight is 447 g/mol. The summed E-state index contributed by atoms with van der Waals surface area (Å²) in [4.78, 5) is 0. The second-order valence-corrected chi connectivity index (χ2v) is 11.3. The molecule has 0 aliphatic rings. The van der Waals surface area contributed by atoms with Gasteiger partial charge in [-0.25, -0.2) is 0 Å². The van der Waals surface area contributed by atoms with Crippen molar-refractivity contribution in [2.24, 2.45) is 0 Å². The molecule has 0 bridgehead atoms. The molecule has 33 heavy (non-hydrogen) atoms. The van der Waals surface area contributed by atoms with E-state index in [1.54, 1.807) is 14.2 Å². The molecule has 0 unspecified atom stereocenters. The second-order valence-electron chi connectivity index (χ2n) is 8.12. The van der Waals surface area contributed by atoms with Crippen LogP contribution in [0.1, 0.15) is 5.56 Å². The Labute approximate surface area is 196 Å². The van der Waals surface area contributed by atoms with Gasteiger partial charge in [0, 0.05) is 19.4 Å². The van der Waals surface area contributed by atoms with Crippen LogP contribution in [0.2, 0.25) is 0 Å². The van der Waals surface area contributed by atoms with Crippen molar-refractivity contribution < 1.29 is 8.85 Å². The minimum atomic E-state index is -2.93. The van der Waals surface area contributed by atoms with Crippen molar-refractivity contribution in [1.29, 1.82) is 0 Å². The van der Waals surface area contributed by atoms with Gasteiger partial charge in [0.25, 0.3) is 0 Å². The summed E-state index contributed by atoms with van der Waals surface area (Å²) in [6, 6.07) is 36.3. The topological polar surface area (TPSA) is 18.5 Å². The van der Waals surface area contributed by atoms with Crippen molar-refractivity contribution in [1.82, 2.24) is 0 Å². The molecule has 3 heteroatoms. The standard InChI is InChI=1S/C30H26O2Si/c1-4-22-13-15-23(16-14-22)24-17-19-26(20-18-24)33(31-2,32-3)30-21-25-9-5-6-10-27(25)28-11-7-8-12-29(28)30/h4-21H,1H2,2-3H3. The summed E-state index contributed by atoms with van der Waals surface area (Å²) in [6.07, 6.45) is 1.86. The number of hydrogen-bond donors (Lipinski definition) is 0. The Bertz CT molecular complexity index is 1430. The first-order chi connectivity index (χ1) is 16.2. The summed E-state index contributed by atoms with van der Waals surface area (Å²) < 4.78 is 12.6. The molecule has 5 rings (SSSR count). The highest BCUT2D eigenvalue weighted by Crippen LogP contribution is 2.27. The molecular weight excluding hydrogens is 420 g/mol. The lowest BCUT2D eigenvalue weighted by molar-refractivity contribution is 0.273. The van der Waals surface area contributed by atoms with Crippen LogP contribution in [0, 0.1) is 0 Å². The van der Waals surface area contributed by atoms with Crippen LogP contribution in [0.25, 0.3) is 38.7 Å². The molecule has 0 aromatic heterocycles. The van der Waals surface area contributed by atoms with Crippen LogP contribution in [0.3, 0.4) is 0 Å². The Balaban J connectivity index is 1.67. The molecule has 0 fully saturated rings. The molecular formula is C30H26O2Si. The first-order valence-electron chi connectivity index (χ1n) is 11.0. The van der Waals surface area contributed by atoms with E-state index < -0.39 is 8.56 Å². The third-order valence-electron chi connectivity index (χ3n) is 6.44. The Morgan fingerprint density at radius 2 is 1.18 bits per heavy atom. The van der Waals surface area contributed by atoms with Gasteiger partial charge < -0.3 is 8.85 Å². The number of benzene rings is 5. The zero-order valence-corrected chi connectivity index (χ0v) is 19.9. The van der Waals surface area contributed by atoms with E-state index in [4.69, 9.17) is 8.85 Å². The van der Waals surface area contributed by atoms with E-state index in [2.05, 4.69) is 110 Å². The van der Waals surface area contributed by atoms with Gasteiger partial charge in [-0.2, -0.15) is 0 Å². The maximum Gasteiger partial charge on any atom is 0.407 e. The first kappa shape index (κ1) is 21.3. The number of hydrogen-bond acceptors (Lipinski definition) is 2. The van der Waals surface area contributed by atoms with Crippen molar-refractivity contribution in [2.75, 3.05) is 14.2 Å². The summed E-state index contributed by atoms with van der Waals surface area (Å²) >= 11 is 0. The first-order valence-corrected chi connectivity index (χ1v) is 12.9. The largest absolute Gasteiger partial charge is 0.407 e. The molecule has 0 amide bonds. The minimum Gasteiger partial charge on any atom is -0.391 e. The fraction of sp³-hybridized carbons (Fsp3) is 0.0667. The quantitative estimate of drug-likeness (QED) is 0.230. The van der Waals surface area contributed by atoms with Gasteiger partial charge in [0.15, 0.2) is 0 Å². The van der Waals surface area contributed by atoms with E-state index in [-0.39, 0.29) is 0 Å². The summed E-state index contributed by atoms with van der Waals surface area (Å²) in [5.41, 5.74) is 3.45. The molecule has 2 nitrogen and oxygen atoms in total. The summed E-state index contributed by atoms with van der Waals surface area (Å²) in [5, 5.41) is 7.04. The highest BCUT2D eigenvalue weighted by molar-refractivity contribution is 6.94. The lowest BCUT2D eigenvalue weighted by atomic mass is 10.0. The van der Waals surface area contributed by atoms with E-state index >= 15 is 0 Å². The van der Waals surface area contributed by atoms with Crippen molar-refractivity contribution >= 4 is 46.6 Å². The van der Waals surface area contributed by atoms with E-state index in [1.807, 2.05) is 6.08 Å². The van der Waals surface area contributed by atoms with Gasteiger partial charge in [0.2, 0.25) is 0 Å². The van der Waals surface area contributed by atoms with Crippen molar-refractivity contribution in [2.45, 2.75) is 0 Å².